The zero-order valence-corrected chi connectivity index (χ0v) is 17.0. The van der Waals surface area contributed by atoms with Gasteiger partial charge >= 0.3 is 0 Å². The number of aliphatic imine (C=N–C) groups is 1. The Hall–Kier alpha value is -1.82. The summed E-state index contributed by atoms with van der Waals surface area (Å²) in [6.45, 7) is 18.1. The molecule has 1 amide bonds. The summed E-state index contributed by atoms with van der Waals surface area (Å²) in [4.78, 5) is 20.5. The molecular weight excluding hydrogens is 326 g/mol. The van der Waals surface area contributed by atoms with E-state index in [9.17, 15) is 4.79 Å². The number of rotatable bonds is 10. The van der Waals surface area contributed by atoms with E-state index in [0.29, 0.717) is 18.4 Å². The second-order valence-electron chi connectivity index (χ2n) is 7.12. The van der Waals surface area contributed by atoms with Crippen LogP contribution in [0.15, 0.2) is 30.3 Å². The van der Waals surface area contributed by atoms with Crippen LogP contribution in [0.4, 0.5) is 0 Å². The van der Waals surface area contributed by atoms with Gasteiger partial charge in [-0.3, -0.25) is 14.7 Å². The van der Waals surface area contributed by atoms with Crippen molar-refractivity contribution in [2.24, 2.45) is 10.9 Å². The summed E-state index contributed by atoms with van der Waals surface area (Å²) < 4.78 is 0. The van der Waals surface area contributed by atoms with Crippen LogP contribution in [0.3, 0.4) is 0 Å². The lowest BCUT2D eigenvalue weighted by molar-refractivity contribution is -0.129. The van der Waals surface area contributed by atoms with E-state index in [1.165, 1.54) is 0 Å². The fraction of sp³-hybridized carbons (Fsp3) is 0.700. The molecule has 1 aliphatic heterocycles. The second-order valence-corrected chi connectivity index (χ2v) is 7.12. The number of nitrogens with one attached hydrogen (secondary N) is 2. The number of likely N-dealkylation sites (tertiary alicyclic amines) is 1. The molecule has 0 aliphatic carbocycles. The van der Waals surface area contributed by atoms with Crippen molar-refractivity contribution >= 4 is 11.9 Å². The molecule has 2 unspecified atom stereocenters. The topological polar surface area (TPSA) is 60.0 Å². The maximum absolute atomic E-state index is 11.8. The predicted octanol–water partition coefficient (Wildman–Crippen LogP) is 1.86. The second kappa shape index (κ2) is 11.7. The standard InChI is InChI=1S/C20H37N5O/c1-7-11-24(12-8-2)18(16(4)5)14-22-20(21-6)23-17-10-13-25(15-17)19(26)9-3/h7-8,16-18H,1-2,9-15H2,3-6H3,(H2,21,22,23). The van der Waals surface area contributed by atoms with Crippen LogP contribution in [-0.2, 0) is 4.79 Å². The molecule has 0 aromatic rings. The van der Waals surface area contributed by atoms with Crippen LogP contribution in [0.5, 0.6) is 0 Å². The van der Waals surface area contributed by atoms with E-state index in [1.54, 1.807) is 7.05 Å². The number of hydrogen-bond acceptors (Lipinski definition) is 3. The van der Waals surface area contributed by atoms with Crippen LogP contribution in [0.25, 0.3) is 0 Å². The first kappa shape index (κ1) is 22.2. The molecule has 0 aromatic carbocycles. The Balaban J connectivity index is 2.59. The maximum atomic E-state index is 11.8. The Morgan fingerprint density at radius 3 is 2.50 bits per heavy atom. The van der Waals surface area contributed by atoms with Gasteiger partial charge in [-0.15, -0.1) is 13.2 Å². The largest absolute Gasteiger partial charge is 0.355 e. The highest BCUT2D eigenvalue weighted by Gasteiger charge is 2.26. The van der Waals surface area contributed by atoms with Gasteiger partial charge in [0, 0.05) is 58.3 Å². The zero-order valence-electron chi connectivity index (χ0n) is 17.0. The van der Waals surface area contributed by atoms with Gasteiger partial charge in [0.1, 0.15) is 0 Å². The summed E-state index contributed by atoms with van der Waals surface area (Å²) in [6.07, 6.45) is 5.39. The average Bonchev–Trinajstić information content (AvgIpc) is 3.08. The lowest BCUT2D eigenvalue weighted by atomic mass is 10.0. The number of guanidine groups is 1. The average molecular weight is 364 g/mol. The molecule has 26 heavy (non-hydrogen) atoms. The number of amides is 1. The van der Waals surface area contributed by atoms with Gasteiger partial charge in [0.05, 0.1) is 0 Å². The molecule has 6 heteroatoms. The van der Waals surface area contributed by atoms with Gasteiger partial charge < -0.3 is 15.5 Å². The molecule has 1 rings (SSSR count). The molecule has 0 radical (unpaired) electrons. The van der Waals surface area contributed by atoms with Gasteiger partial charge in [-0.25, -0.2) is 0 Å². The van der Waals surface area contributed by atoms with Crippen LogP contribution in [-0.4, -0.2) is 73.5 Å². The van der Waals surface area contributed by atoms with Crippen LogP contribution >= 0.6 is 0 Å². The smallest absolute Gasteiger partial charge is 0.222 e. The number of hydrogen-bond donors (Lipinski definition) is 2. The van der Waals surface area contributed by atoms with Crippen molar-refractivity contribution in [2.75, 3.05) is 39.8 Å². The van der Waals surface area contributed by atoms with Crippen molar-refractivity contribution in [1.29, 1.82) is 0 Å². The molecule has 1 aliphatic rings. The van der Waals surface area contributed by atoms with Gasteiger partial charge in [-0.1, -0.05) is 32.9 Å². The summed E-state index contributed by atoms with van der Waals surface area (Å²) in [7, 11) is 1.79. The summed E-state index contributed by atoms with van der Waals surface area (Å²) in [5.74, 6) is 1.51. The summed E-state index contributed by atoms with van der Waals surface area (Å²) >= 11 is 0. The van der Waals surface area contributed by atoms with Crippen molar-refractivity contribution < 1.29 is 4.79 Å². The number of carbonyl (C=O) groups excluding carboxylic acids is 1. The minimum absolute atomic E-state index is 0.224. The highest BCUT2D eigenvalue weighted by molar-refractivity contribution is 5.80. The fourth-order valence-electron chi connectivity index (χ4n) is 3.38. The van der Waals surface area contributed by atoms with Crippen molar-refractivity contribution in [3.63, 3.8) is 0 Å². The molecule has 148 valence electrons. The summed E-state index contributed by atoms with van der Waals surface area (Å²) in [5.41, 5.74) is 0. The Morgan fingerprint density at radius 1 is 1.35 bits per heavy atom. The van der Waals surface area contributed by atoms with E-state index >= 15 is 0 Å². The molecule has 2 N–H and O–H groups in total. The Labute approximate surface area is 159 Å². The summed E-state index contributed by atoms with van der Waals surface area (Å²) in [5, 5.41) is 6.92. The van der Waals surface area contributed by atoms with Crippen LogP contribution < -0.4 is 10.6 Å². The quantitative estimate of drug-likeness (QED) is 0.353. The van der Waals surface area contributed by atoms with Gasteiger partial charge in [0.15, 0.2) is 5.96 Å². The first-order valence-electron chi connectivity index (χ1n) is 9.67. The highest BCUT2D eigenvalue weighted by Crippen LogP contribution is 2.12. The molecule has 1 heterocycles. The van der Waals surface area contributed by atoms with Crippen LogP contribution in [0, 0.1) is 5.92 Å². The van der Waals surface area contributed by atoms with Gasteiger partial charge in [-0.05, 0) is 12.3 Å². The minimum Gasteiger partial charge on any atom is -0.355 e. The Bertz CT molecular complexity index is 479. The van der Waals surface area contributed by atoms with Crippen molar-refractivity contribution in [3.05, 3.63) is 25.3 Å². The van der Waals surface area contributed by atoms with E-state index in [-0.39, 0.29) is 11.9 Å². The fourth-order valence-corrected chi connectivity index (χ4v) is 3.38. The monoisotopic (exact) mass is 363 g/mol. The van der Waals surface area contributed by atoms with Gasteiger partial charge in [-0.2, -0.15) is 0 Å². The molecule has 1 fully saturated rings. The molecule has 6 nitrogen and oxygen atoms in total. The van der Waals surface area contributed by atoms with E-state index < -0.39 is 0 Å². The van der Waals surface area contributed by atoms with E-state index in [4.69, 9.17) is 0 Å². The zero-order chi connectivity index (χ0) is 19.5. The van der Waals surface area contributed by atoms with Gasteiger partial charge in [0.25, 0.3) is 0 Å². The van der Waals surface area contributed by atoms with Crippen LogP contribution in [0.1, 0.15) is 33.6 Å². The number of nitrogens with zero attached hydrogens (tertiary/aromatic N) is 3. The van der Waals surface area contributed by atoms with E-state index in [2.05, 4.69) is 47.5 Å². The first-order valence-corrected chi connectivity index (χ1v) is 9.67. The highest BCUT2D eigenvalue weighted by atomic mass is 16.2. The Kier molecular flexibility index (Phi) is 10.0. The molecule has 0 bridgehead atoms. The molecular formula is C20H37N5O. The molecule has 0 saturated carbocycles. The molecule has 2 atom stereocenters. The maximum Gasteiger partial charge on any atom is 0.222 e. The SMILES string of the molecule is C=CCN(CC=C)C(CNC(=NC)NC1CCN(C(=O)CC)C1)C(C)C. The third kappa shape index (κ3) is 6.83. The predicted molar refractivity (Wildman–Crippen MR) is 110 cm³/mol. The molecule has 0 spiro atoms. The first-order chi connectivity index (χ1) is 12.5. The van der Waals surface area contributed by atoms with Gasteiger partial charge in [0.2, 0.25) is 5.91 Å². The Morgan fingerprint density at radius 2 is 2.00 bits per heavy atom. The van der Waals surface area contributed by atoms with E-state index in [1.807, 2.05) is 24.0 Å². The number of carbonyl (C=O) groups is 1. The van der Waals surface area contributed by atoms with E-state index in [0.717, 1.165) is 45.1 Å². The molecule has 1 saturated heterocycles. The lowest BCUT2D eigenvalue weighted by Crippen LogP contribution is -2.51. The third-order valence-corrected chi connectivity index (χ3v) is 4.85. The third-order valence-electron chi connectivity index (χ3n) is 4.85. The van der Waals surface area contributed by atoms with Crippen LogP contribution in [0.2, 0.25) is 0 Å². The minimum atomic E-state index is 0.224. The van der Waals surface area contributed by atoms with Crippen molar-refractivity contribution in [2.45, 2.75) is 45.7 Å². The lowest BCUT2D eigenvalue weighted by Gasteiger charge is -2.33. The van der Waals surface area contributed by atoms with Crippen molar-refractivity contribution in [3.8, 4) is 0 Å². The van der Waals surface area contributed by atoms with Crippen molar-refractivity contribution in [1.82, 2.24) is 20.4 Å². The summed E-state index contributed by atoms with van der Waals surface area (Å²) in [6, 6.07) is 0.609. The normalized spacial score (nSPS) is 18.9. The molecule has 0 aromatic heterocycles.